The number of fused-ring (bicyclic) bond motifs is 1. The number of aryl methyl sites for hydroxylation is 1. The van der Waals surface area contributed by atoms with Crippen molar-refractivity contribution in [3.63, 3.8) is 0 Å². The van der Waals surface area contributed by atoms with Gasteiger partial charge in [0.2, 0.25) is 11.7 Å². The monoisotopic (exact) mass is 418 g/mol. The van der Waals surface area contributed by atoms with Crippen LogP contribution in [0.3, 0.4) is 0 Å². The van der Waals surface area contributed by atoms with E-state index in [0.29, 0.717) is 17.3 Å². The van der Waals surface area contributed by atoms with E-state index < -0.39 is 23.9 Å². The highest BCUT2D eigenvalue weighted by atomic mass is 16.5. The van der Waals surface area contributed by atoms with Crippen LogP contribution in [-0.4, -0.2) is 46.2 Å². The van der Waals surface area contributed by atoms with Gasteiger partial charge in [-0.15, -0.1) is 0 Å². The normalized spacial score (nSPS) is 19.9. The summed E-state index contributed by atoms with van der Waals surface area (Å²) in [4.78, 5) is 31.4. The van der Waals surface area contributed by atoms with Gasteiger partial charge in [0, 0.05) is 5.56 Å². The lowest BCUT2D eigenvalue weighted by Crippen LogP contribution is -2.39. The number of aromatic nitrogens is 2. The molecular weight excluding hydrogens is 400 g/mol. The number of imide groups is 1. The van der Waals surface area contributed by atoms with Gasteiger partial charge in [-0.2, -0.15) is 10.1 Å². The largest absolute Gasteiger partial charge is 0.497 e. The van der Waals surface area contributed by atoms with Gasteiger partial charge in [-0.3, -0.25) is 14.6 Å². The van der Waals surface area contributed by atoms with Gasteiger partial charge in [-0.1, -0.05) is 34.6 Å². The van der Waals surface area contributed by atoms with Crippen molar-refractivity contribution in [1.29, 1.82) is 0 Å². The van der Waals surface area contributed by atoms with Gasteiger partial charge in [-0.25, -0.2) is 4.90 Å². The Morgan fingerprint density at radius 1 is 1.06 bits per heavy atom. The molecule has 2 atom stereocenters. The quantitative estimate of drug-likeness (QED) is 0.585. The second kappa shape index (κ2) is 7.31. The first-order valence-electron chi connectivity index (χ1n) is 9.64. The van der Waals surface area contributed by atoms with Crippen molar-refractivity contribution < 1.29 is 18.8 Å². The summed E-state index contributed by atoms with van der Waals surface area (Å²) in [6.45, 7) is 2.03. The van der Waals surface area contributed by atoms with Crippen LogP contribution >= 0.6 is 0 Å². The highest BCUT2D eigenvalue weighted by Crippen LogP contribution is 2.33. The Kier molecular flexibility index (Phi) is 4.46. The fraction of sp³-hybridized carbons (Fsp3) is 0.238. The smallest absolute Gasteiger partial charge is 0.263 e. The number of hydrogen-bond donors (Lipinski definition) is 0. The molecule has 3 aromatic rings. The number of methoxy groups -OCH3 is 1. The summed E-state index contributed by atoms with van der Waals surface area (Å²) >= 11 is 0. The number of carbonyl (C=O) groups is 2. The number of carbonyl (C=O) groups excluding carboxylic acids is 2. The molecule has 31 heavy (non-hydrogen) atoms. The van der Waals surface area contributed by atoms with Crippen molar-refractivity contribution in [2.45, 2.75) is 25.6 Å². The first-order valence-corrected chi connectivity index (χ1v) is 9.64. The summed E-state index contributed by atoms with van der Waals surface area (Å²) in [6, 6.07) is 12.6. The number of amides is 2. The van der Waals surface area contributed by atoms with E-state index in [9.17, 15) is 9.59 Å². The summed E-state index contributed by atoms with van der Waals surface area (Å²) in [7, 11) is 1.55. The standard InChI is InChI=1S/C21H18N6O4/c1-12-5-3-4-6-15(12)19-22-16(31-24-19)11-26-18-17(23-25-26)20(28)27(21(18)29)13-7-9-14(30-2)10-8-13/h3-10,17-18H,11H2,1-2H3/t17-,18-/m1/s1. The van der Waals surface area contributed by atoms with Gasteiger partial charge in [0.05, 0.1) is 12.8 Å². The zero-order chi connectivity index (χ0) is 21.5. The van der Waals surface area contributed by atoms with Crippen molar-refractivity contribution in [3.05, 3.63) is 60.0 Å². The summed E-state index contributed by atoms with van der Waals surface area (Å²) in [5.41, 5.74) is 2.33. The Bertz CT molecular complexity index is 1190. The van der Waals surface area contributed by atoms with Crippen LogP contribution in [0.25, 0.3) is 11.4 Å². The van der Waals surface area contributed by atoms with E-state index in [1.807, 2.05) is 31.2 Å². The minimum Gasteiger partial charge on any atom is -0.497 e. The lowest BCUT2D eigenvalue weighted by atomic mass is 10.1. The van der Waals surface area contributed by atoms with Gasteiger partial charge >= 0.3 is 0 Å². The van der Waals surface area contributed by atoms with E-state index >= 15 is 0 Å². The van der Waals surface area contributed by atoms with E-state index in [1.165, 1.54) is 5.01 Å². The van der Waals surface area contributed by atoms with Crippen LogP contribution in [0.15, 0.2) is 63.4 Å². The molecule has 0 unspecified atom stereocenters. The summed E-state index contributed by atoms with van der Waals surface area (Å²) in [6.07, 6.45) is 0. The predicted molar refractivity (Wildman–Crippen MR) is 108 cm³/mol. The number of ether oxygens (including phenoxy) is 1. The average molecular weight is 418 g/mol. The van der Waals surface area contributed by atoms with Crippen LogP contribution in [-0.2, 0) is 16.1 Å². The fourth-order valence-electron chi connectivity index (χ4n) is 3.73. The van der Waals surface area contributed by atoms with Crippen LogP contribution < -0.4 is 9.64 Å². The molecule has 1 fully saturated rings. The van der Waals surface area contributed by atoms with Crippen molar-refractivity contribution in [2.75, 3.05) is 12.0 Å². The number of rotatable bonds is 5. The molecule has 0 N–H and O–H groups in total. The van der Waals surface area contributed by atoms with Crippen molar-refractivity contribution in [2.24, 2.45) is 10.3 Å². The molecule has 0 bridgehead atoms. The second-order valence-electron chi connectivity index (χ2n) is 7.23. The molecule has 2 aromatic carbocycles. The Labute approximate surface area is 177 Å². The minimum atomic E-state index is -0.895. The zero-order valence-corrected chi connectivity index (χ0v) is 16.8. The summed E-state index contributed by atoms with van der Waals surface area (Å²) < 4.78 is 10.5. The maximum absolute atomic E-state index is 13.1. The molecule has 0 saturated carbocycles. The number of hydrogen-bond acceptors (Lipinski definition) is 9. The van der Waals surface area contributed by atoms with Gasteiger partial charge < -0.3 is 9.26 Å². The van der Waals surface area contributed by atoms with Crippen molar-refractivity contribution in [1.82, 2.24) is 15.1 Å². The molecule has 1 saturated heterocycles. The summed E-state index contributed by atoms with van der Waals surface area (Å²) in [5, 5.41) is 13.5. The molecule has 0 radical (unpaired) electrons. The third-order valence-corrected chi connectivity index (χ3v) is 5.34. The van der Waals surface area contributed by atoms with Crippen LogP contribution in [0.2, 0.25) is 0 Å². The lowest BCUT2D eigenvalue weighted by Gasteiger charge is -2.19. The maximum atomic E-state index is 13.1. The van der Waals surface area contributed by atoms with Crippen LogP contribution in [0.1, 0.15) is 11.5 Å². The molecule has 2 aliphatic rings. The fourth-order valence-corrected chi connectivity index (χ4v) is 3.73. The van der Waals surface area contributed by atoms with E-state index in [4.69, 9.17) is 9.26 Å². The number of benzene rings is 2. The third kappa shape index (κ3) is 3.12. The first-order chi connectivity index (χ1) is 15.1. The van der Waals surface area contributed by atoms with Crippen molar-refractivity contribution in [3.8, 4) is 17.1 Å². The summed E-state index contributed by atoms with van der Waals surface area (Å²) in [5.74, 6) is 0.544. The van der Waals surface area contributed by atoms with Crippen LogP contribution in [0.5, 0.6) is 5.75 Å². The van der Waals surface area contributed by atoms with Gasteiger partial charge in [0.25, 0.3) is 11.8 Å². The highest BCUT2D eigenvalue weighted by molar-refractivity contribution is 6.25. The molecule has 2 amide bonds. The van der Waals surface area contributed by atoms with E-state index in [1.54, 1.807) is 31.4 Å². The third-order valence-electron chi connectivity index (χ3n) is 5.34. The molecule has 2 aliphatic heterocycles. The van der Waals surface area contributed by atoms with Gasteiger partial charge in [0.1, 0.15) is 12.3 Å². The average Bonchev–Trinajstić information content (AvgIpc) is 3.47. The molecule has 1 aromatic heterocycles. The SMILES string of the molecule is COc1ccc(N2C(=O)[C@@H]3N=NN(Cc4nc(-c5ccccc5C)no4)[C@H]3C2=O)cc1. The number of nitrogens with zero attached hydrogens (tertiary/aromatic N) is 6. The molecule has 156 valence electrons. The van der Waals surface area contributed by atoms with E-state index in [2.05, 4.69) is 20.5 Å². The molecule has 10 nitrogen and oxygen atoms in total. The predicted octanol–water partition coefficient (Wildman–Crippen LogP) is 2.55. The first kappa shape index (κ1) is 18.9. The molecule has 10 heteroatoms. The maximum Gasteiger partial charge on any atom is 0.263 e. The minimum absolute atomic E-state index is 0.0685. The molecule has 0 aliphatic carbocycles. The van der Waals surface area contributed by atoms with Crippen molar-refractivity contribution >= 4 is 17.5 Å². The lowest BCUT2D eigenvalue weighted by molar-refractivity contribution is -0.123. The van der Waals surface area contributed by atoms with Gasteiger partial charge in [-0.05, 0) is 36.8 Å². The Morgan fingerprint density at radius 3 is 2.58 bits per heavy atom. The van der Waals surface area contributed by atoms with Crippen LogP contribution in [0, 0.1) is 6.92 Å². The Hall–Kier alpha value is -4.08. The Balaban J connectivity index is 1.36. The zero-order valence-electron chi connectivity index (χ0n) is 16.8. The topological polar surface area (TPSA) is 113 Å². The number of anilines is 1. The second-order valence-corrected chi connectivity index (χ2v) is 7.23. The molecule has 0 spiro atoms. The molecular formula is C21H18N6O4. The van der Waals surface area contributed by atoms with Crippen LogP contribution in [0.4, 0.5) is 5.69 Å². The Morgan fingerprint density at radius 2 is 1.84 bits per heavy atom. The van der Waals surface area contributed by atoms with Gasteiger partial charge in [0.15, 0.2) is 12.1 Å². The van der Waals surface area contributed by atoms with E-state index in [0.717, 1.165) is 16.0 Å². The highest BCUT2D eigenvalue weighted by Gasteiger charge is 2.55. The van der Waals surface area contributed by atoms with E-state index in [-0.39, 0.29) is 12.4 Å². The molecule has 5 rings (SSSR count). The molecule has 3 heterocycles.